The van der Waals surface area contributed by atoms with Crippen molar-refractivity contribution in [1.82, 2.24) is 5.32 Å². The Morgan fingerprint density at radius 2 is 2.20 bits per heavy atom. The van der Waals surface area contributed by atoms with Crippen molar-refractivity contribution in [2.24, 2.45) is 5.92 Å². The van der Waals surface area contributed by atoms with Crippen LogP contribution < -0.4 is 5.32 Å². The molecule has 0 rings (SSSR count). The Balaban J connectivity index is 3.75. The van der Waals surface area contributed by atoms with Gasteiger partial charge >= 0.3 is 12.1 Å². The summed E-state index contributed by atoms with van der Waals surface area (Å²) < 4.78 is 4.66. The van der Waals surface area contributed by atoms with E-state index in [1.54, 1.807) is 11.4 Å². The summed E-state index contributed by atoms with van der Waals surface area (Å²) in [6, 6.07) is 0. The molecule has 0 aliphatic carbocycles. The van der Waals surface area contributed by atoms with E-state index >= 15 is 0 Å². The molecule has 0 heterocycles. The number of aliphatic hydroxyl groups excluding tert-OH is 1. The highest BCUT2D eigenvalue weighted by atomic mass is 16.6. The van der Waals surface area contributed by atoms with Crippen molar-refractivity contribution in [3.05, 3.63) is 12.7 Å². The van der Waals surface area contributed by atoms with E-state index in [1.807, 2.05) is 6.92 Å². The Bertz CT molecular complexity index is 241. The van der Waals surface area contributed by atoms with E-state index in [-0.39, 0.29) is 12.5 Å². The molecular weight excluding hydrogens is 202 g/mol. The molecule has 6 heteroatoms. The van der Waals surface area contributed by atoms with E-state index in [0.29, 0.717) is 6.42 Å². The van der Waals surface area contributed by atoms with Gasteiger partial charge in [0.15, 0.2) is 0 Å². The standard InChI is InChI=1S/C9H15NO5/c1-3-4-6(2)5-15-9(14)10-7(11)8(12)13/h3,6-7,11H,1,4-5H2,2H3,(H,10,14)(H,12,13)/t6?,7-/m0/s1. The molecule has 1 amide bonds. The van der Waals surface area contributed by atoms with Gasteiger partial charge in [0.1, 0.15) is 0 Å². The molecule has 0 aliphatic heterocycles. The topological polar surface area (TPSA) is 95.9 Å². The second-order valence-corrected chi connectivity index (χ2v) is 3.11. The summed E-state index contributed by atoms with van der Waals surface area (Å²) in [5, 5.41) is 18.7. The van der Waals surface area contributed by atoms with Crippen LogP contribution in [0.3, 0.4) is 0 Å². The molecule has 2 atom stereocenters. The van der Waals surface area contributed by atoms with Crippen molar-refractivity contribution >= 4 is 12.1 Å². The third kappa shape index (κ3) is 6.50. The Kier molecular flexibility index (Phi) is 6.12. The van der Waals surface area contributed by atoms with Gasteiger partial charge in [0.2, 0.25) is 6.23 Å². The van der Waals surface area contributed by atoms with E-state index in [4.69, 9.17) is 10.2 Å². The fourth-order valence-corrected chi connectivity index (χ4v) is 0.786. The summed E-state index contributed by atoms with van der Waals surface area (Å²) in [4.78, 5) is 21.0. The number of carbonyl (C=O) groups excluding carboxylic acids is 1. The van der Waals surface area contributed by atoms with Gasteiger partial charge in [-0.3, -0.25) is 5.32 Å². The van der Waals surface area contributed by atoms with Crippen molar-refractivity contribution in [2.75, 3.05) is 6.61 Å². The number of aliphatic hydroxyl groups is 1. The molecule has 0 saturated heterocycles. The fraction of sp³-hybridized carbons (Fsp3) is 0.556. The van der Waals surface area contributed by atoms with Crippen LogP contribution in [0, 0.1) is 5.92 Å². The summed E-state index contributed by atoms with van der Waals surface area (Å²) in [7, 11) is 0. The van der Waals surface area contributed by atoms with Crippen LogP contribution in [-0.2, 0) is 9.53 Å². The first-order valence-electron chi connectivity index (χ1n) is 4.42. The van der Waals surface area contributed by atoms with Crippen molar-refractivity contribution in [3.63, 3.8) is 0 Å². The highest BCUT2D eigenvalue weighted by Crippen LogP contribution is 2.02. The lowest BCUT2D eigenvalue weighted by Crippen LogP contribution is -2.41. The molecule has 0 bridgehead atoms. The number of aliphatic carboxylic acids is 1. The second kappa shape index (κ2) is 6.83. The zero-order valence-electron chi connectivity index (χ0n) is 8.47. The molecule has 0 saturated carbocycles. The van der Waals surface area contributed by atoms with Gasteiger partial charge in [-0.25, -0.2) is 9.59 Å². The average Bonchev–Trinajstić information content (AvgIpc) is 2.15. The monoisotopic (exact) mass is 217 g/mol. The molecule has 1 unspecified atom stereocenters. The van der Waals surface area contributed by atoms with Gasteiger partial charge in [-0.15, -0.1) is 6.58 Å². The van der Waals surface area contributed by atoms with Crippen LogP contribution in [0.25, 0.3) is 0 Å². The largest absolute Gasteiger partial charge is 0.478 e. The maximum Gasteiger partial charge on any atom is 0.409 e. The molecule has 0 aliphatic rings. The lowest BCUT2D eigenvalue weighted by molar-refractivity contribution is -0.148. The van der Waals surface area contributed by atoms with Crippen LogP contribution in [0.5, 0.6) is 0 Å². The highest BCUT2D eigenvalue weighted by Gasteiger charge is 2.16. The number of allylic oxidation sites excluding steroid dienone is 1. The van der Waals surface area contributed by atoms with Crippen LogP contribution in [0.1, 0.15) is 13.3 Å². The number of carbonyl (C=O) groups is 2. The van der Waals surface area contributed by atoms with Crippen LogP contribution in [0.2, 0.25) is 0 Å². The predicted molar refractivity (Wildman–Crippen MR) is 52.1 cm³/mol. The quantitative estimate of drug-likeness (QED) is 0.440. The molecule has 0 radical (unpaired) electrons. The van der Waals surface area contributed by atoms with E-state index < -0.39 is 18.3 Å². The van der Waals surface area contributed by atoms with Crippen molar-refractivity contribution in [3.8, 4) is 0 Å². The van der Waals surface area contributed by atoms with Crippen molar-refractivity contribution in [2.45, 2.75) is 19.6 Å². The van der Waals surface area contributed by atoms with Crippen LogP contribution >= 0.6 is 0 Å². The summed E-state index contributed by atoms with van der Waals surface area (Å²) in [6.07, 6.45) is -0.514. The Morgan fingerprint density at radius 3 is 2.67 bits per heavy atom. The zero-order valence-corrected chi connectivity index (χ0v) is 8.47. The smallest absolute Gasteiger partial charge is 0.409 e. The van der Waals surface area contributed by atoms with Gasteiger partial charge < -0.3 is 14.9 Å². The van der Waals surface area contributed by atoms with E-state index in [1.165, 1.54) is 0 Å². The number of rotatable bonds is 6. The molecule has 3 N–H and O–H groups in total. The third-order valence-electron chi connectivity index (χ3n) is 1.56. The van der Waals surface area contributed by atoms with Gasteiger partial charge in [0, 0.05) is 0 Å². The number of ether oxygens (including phenoxy) is 1. The number of carboxylic acid groups (broad SMARTS) is 1. The number of nitrogens with one attached hydrogen (secondary N) is 1. The molecule has 86 valence electrons. The first kappa shape index (κ1) is 13.4. The molecule has 0 aromatic carbocycles. The third-order valence-corrected chi connectivity index (χ3v) is 1.56. The minimum atomic E-state index is -1.94. The van der Waals surface area contributed by atoms with Crippen molar-refractivity contribution in [1.29, 1.82) is 0 Å². The summed E-state index contributed by atoms with van der Waals surface area (Å²) in [5.74, 6) is -1.43. The first-order valence-corrected chi connectivity index (χ1v) is 4.42. The van der Waals surface area contributed by atoms with Gasteiger partial charge in [-0.2, -0.15) is 0 Å². The molecule has 0 spiro atoms. The lowest BCUT2D eigenvalue weighted by Gasteiger charge is -2.12. The first-order chi connectivity index (χ1) is 6.97. The number of carboxylic acids is 1. The van der Waals surface area contributed by atoms with Gasteiger partial charge in [0.25, 0.3) is 0 Å². The SMILES string of the molecule is C=CCC(C)COC(=O)N[C@@H](O)C(=O)O. The second-order valence-electron chi connectivity index (χ2n) is 3.11. The summed E-state index contributed by atoms with van der Waals surface area (Å²) in [5.41, 5.74) is 0. The van der Waals surface area contributed by atoms with E-state index in [0.717, 1.165) is 0 Å². The van der Waals surface area contributed by atoms with E-state index in [9.17, 15) is 9.59 Å². The van der Waals surface area contributed by atoms with Crippen molar-refractivity contribution < 1.29 is 24.5 Å². The number of hydrogen-bond donors (Lipinski definition) is 3. The molecule has 0 fully saturated rings. The summed E-state index contributed by atoms with van der Waals surface area (Å²) >= 11 is 0. The van der Waals surface area contributed by atoms with Gasteiger partial charge in [0.05, 0.1) is 6.61 Å². The fourth-order valence-electron chi connectivity index (χ4n) is 0.786. The summed E-state index contributed by atoms with van der Waals surface area (Å²) in [6.45, 7) is 5.52. The zero-order chi connectivity index (χ0) is 11.8. The molecule has 0 aromatic heterocycles. The maximum atomic E-state index is 10.9. The maximum absolute atomic E-state index is 10.9. The van der Waals surface area contributed by atoms with Crippen LogP contribution in [0.4, 0.5) is 4.79 Å². The number of amides is 1. The Labute approximate surface area is 87.5 Å². The molecule has 0 aromatic rings. The molecule has 15 heavy (non-hydrogen) atoms. The number of hydrogen-bond acceptors (Lipinski definition) is 4. The minimum Gasteiger partial charge on any atom is -0.478 e. The average molecular weight is 217 g/mol. The van der Waals surface area contributed by atoms with Gasteiger partial charge in [-0.05, 0) is 12.3 Å². The molecule has 6 nitrogen and oxygen atoms in total. The highest BCUT2D eigenvalue weighted by molar-refractivity contribution is 5.78. The molecular formula is C9H15NO5. The van der Waals surface area contributed by atoms with E-state index in [2.05, 4.69) is 11.3 Å². The van der Waals surface area contributed by atoms with Crippen LogP contribution in [-0.4, -0.2) is 35.1 Å². The predicted octanol–water partition coefficient (Wildman–Crippen LogP) is 0.328. The Hall–Kier alpha value is -1.56. The minimum absolute atomic E-state index is 0.107. The normalized spacial score (nSPS) is 13.7. The Morgan fingerprint density at radius 1 is 1.60 bits per heavy atom. The lowest BCUT2D eigenvalue weighted by atomic mass is 10.1. The van der Waals surface area contributed by atoms with Gasteiger partial charge in [-0.1, -0.05) is 13.0 Å². The van der Waals surface area contributed by atoms with Crippen LogP contribution in [0.15, 0.2) is 12.7 Å². The number of alkyl carbamates (subject to hydrolysis) is 1.